The van der Waals surface area contributed by atoms with E-state index >= 15 is 0 Å². The van der Waals surface area contributed by atoms with Crippen molar-refractivity contribution in [2.75, 3.05) is 19.6 Å². The number of halogens is 2. The summed E-state index contributed by atoms with van der Waals surface area (Å²) in [7, 11) is 0. The first-order chi connectivity index (χ1) is 12.6. The molecule has 158 valence electrons. The third-order valence-corrected chi connectivity index (χ3v) is 7.69. The minimum atomic E-state index is 0. The second kappa shape index (κ2) is 9.90. The van der Waals surface area contributed by atoms with Crippen LogP contribution in [0, 0.1) is 19.3 Å². The van der Waals surface area contributed by atoms with Gasteiger partial charge in [-0.25, -0.2) is 4.98 Å². The Morgan fingerprint density at radius 3 is 2.50 bits per heavy atom. The van der Waals surface area contributed by atoms with Crippen LogP contribution in [-0.4, -0.2) is 35.6 Å². The number of nitrogens with zero attached hydrogens (tertiary/aromatic N) is 1. The molecule has 1 aliphatic carbocycles. The molecule has 2 fully saturated rings. The Morgan fingerprint density at radius 1 is 1.14 bits per heavy atom. The Balaban J connectivity index is 0.00000140. The van der Waals surface area contributed by atoms with Gasteiger partial charge in [0.1, 0.15) is 10.7 Å². The fourth-order valence-electron chi connectivity index (χ4n) is 4.70. The summed E-state index contributed by atoms with van der Waals surface area (Å²) in [5.74, 6) is 0.807. The highest BCUT2D eigenvalue weighted by Crippen LogP contribution is 2.43. The van der Waals surface area contributed by atoms with Crippen LogP contribution in [0.5, 0.6) is 0 Å². The standard InChI is InChI=1S/C20H30N4OS.2ClH/c1-13-14(2)26-19-17(13)18(25)23-16(24-19)5-10-22-15-3-6-20(7-4-15)8-11-21-12-9-20;;/h15,21-22H,3-12H2,1-2H3,(H,23,24,25);2*1H. The number of aromatic nitrogens is 2. The summed E-state index contributed by atoms with van der Waals surface area (Å²) in [4.78, 5) is 22.1. The van der Waals surface area contributed by atoms with Gasteiger partial charge in [0.15, 0.2) is 0 Å². The predicted octanol–water partition coefficient (Wildman–Crippen LogP) is 3.89. The molecule has 8 heteroatoms. The largest absolute Gasteiger partial charge is 0.317 e. The molecule has 1 saturated carbocycles. The highest BCUT2D eigenvalue weighted by Gasteiger charge is 2.35. The Kier molecular flexibility index (Phi) is 8.35. The van der Waals surface area contributed by atoms with E-state index in [-0.39, 0.29) is 30.4 Å². The second-order valence-corrected chi connectivity index (χ2v) is 9.41. The average Bonchev–Trinajstić information content (AvgIpc) is 2.92. The van der Waals surface area contributed by atoms with Gasteiger partial charge in [0.25, 0.3) is 5.56 Å². The molecule has 2 aromatic rings. The molecule has 0 aromatic carbocycles. The van der Waals surface area contributed by atoms with Gasteiger partial charge in [-0.15, -0.1) is 36.2 Å². The van der Waals surface area contributed by atoms with Crippen LogP contribution >= 0.6 is 36.2 Å². The average molecular weight is 447 g/mol. The van der Waals surface area contributed by atoms with Crippen LogP contribution in [0.1, 0.15) is 54.8 Å². The summed E-state index contributed by atoms with van der Waals surface area (Å²) in [6.45, 7) is 7.34. The Bertz CT molecular complexity index is 835. The lowest BCUT2D eigenvalue weighted by molar-refractivity contribution is 0.116. The Morgan fingerprint density at radius 2 is 1.82 bits per heavy atom. The van der Waals surface area contributed by atoms with Crippen LogP contribution in [0.15, 0.2) is 4.79 Å². The number of thiophene rings is 1. The van der Waals surface area contributed by atoms with Crippen LogP contribution in [0.25, 0.3) is 10.2 Å². The molecule has 0 atom stereocenters. The van der Waals surface area contributed by atoms with Gasteiger partial charge < -0.3 is 15.6 Å². The molecule has 0 bridgehead atoms. The summed E-state index contributed by atoms with van der Waals surface area (Å²) in [5.41, 5.74) is 1.70. The summed E-state index contributed by atoms with van der Waals surface area (Å²) < 4.78 is 0. The predicted molar refractivity (Wildman–Crippen MR) is 123 cm³/mol. The fourth-order valence-corrected chi connectivity index (χ4v) is 5.75. The SMILES string of the molecule is Cc1sc2nc(CCNC3CCC4(CCNCC4)CC3)[nH]c(=O)c2c1C.Cl.Cl. The van der Waals surface area contributed by atoms with Crippen molar-refractivity contribution in [3.05, 3.63) is 26.6 Å². The minimum absolute atomic E-state index is 0. The fraction of sp³-hybridized carbons (Fsp3) is 0.700. The third-order valence-electron chi connectivity index (χ3n) is 6.59. The van der Waals surface area contributed by atoms with Crippen LogP contribution < -0.4 is 16.2 Å². The summed E-state index contributed by atoms with van der Waals surface area (Å²) in [6, 6.07) is 0.622. The topological polar surface area (TPSA) is 69.8 Å². The molecule has 3 heterocycles. The van der Waals surface area contributed by atoms with E-state index in [1.165, 1.54) is 56.5 Å². The number of H-pyrrole nitrogens is 1. The van der Waals surface area contributed by atoms with Gasteiger partial charge in [-0.1, -0.05) is 0 Å². The molecule has 1 aliphatic heterocycles. The van der Waals surface area contributed by atoms with Gasteiger partial charge >= 0.3 is 0 Å². The second-order valence-electron chi connectivity index (χ2n) is 8.20. The molecule has 2 aliphatic rings. The van der Waals surface area contributed by atoms with E-state index in [2.05, 4.69) is 27.5 Å². The quantitative estimate of drug-likeness (QED) is 0.665. The molecule has 0 radical (unpaired) electrons. The maximum atomic E-state index is 12.4. The number of piperidine rings is 1. The molecule has 1 saturated heterocycles. The summed E-state index contributed by atoms with van der Waals surface area (Å²) >= 11 is 1.62. The number of nitrogens with one attached hydrogen (secondary N) is 3. The molecule has 0 unspecified atom stereocenters. The normalized spacial score (nSPS) is 19.4. The van der Waals surface area contributed by atoms with Crippen molar-refractivity contribution < 1.29 is 0 Å². The van der Waals surface area contributed by atoms with Gasteiger partial charge in [-0.3, -0.25) is 4.79 Å². The van der Waals surface area contributed by atoms with Crippen molar-refractivity contribution in [1.29, 1.82) is 0 Å². The first-order valence-electron chi connectivity index (χ1n) is 9.99. The van der Waals surface area contributed by atoms with Crippen LogP contribution in [-0.2, 0) is 6.42 Å². The Labute approximate surface area is 183 Å². The van der Waals surface area contributed by atoms with E-state index in [0.717, 1.165) is 34.6 Å². The van der Waals surface area contributed by atoms with E-state index in [1.54, 1.807) is 11.3 Å². The number of hydrogen-bond acceptors (Lipinski definition) is 5. The highest BCUT2D eigenvalue weighted by molar-refractivity contribution is 7.18. The molecular weight excluding hydrogens is 415 g/mol. The van der Waals surface area contributed by atoms with Crippen LogP contribution in [0.4, 0.5) is 0 Å². The van der Waals surface area contributed by atoms with E-state index in [4.69, 9.17) is 0 Å². The molecule has 3 N–H and O–H groups in total. The number of aromatic amines is 1. The maximum Gasteiger partial charge on any atom is 0.259 e. The van der Waals surface area contributed by atoms with Gasteiger partial charge in [0.2, 0.25) is 0 Å². The van der Waals surface area contributed by atoms with E-state index in [0.29, 0.717) is 11.5 Å². The molecule has 0 amide bonds. The number of hydrogen-bond donors (Lipinski definition) is 3. The van der Waals surface area contributed by atoms with Crippen LogP contribution in [0.2, 0.25) is 0 Å². The molecule has 4 rings (SSSR count). The van der Waals surface area contributed by atoms with Gasteiger partial charge in [-0.05, 0) is 76.4 Å². The third kappa shape index (κ3) is 4.90. The zero-order chi connectivity index (χ0) is 18.1. The van der Waals surface area contributed by atoms with Crippen molar-refractivity contribution in [3.63, 3.8) is 0 Å². The first-order valence-corrected chi connectivity index (χ1v) is 10.8. The van der Waals surface area contributed by atoms with Crippen LogP contribution in [0.3, 0.4) is 0 Å². The highest BCUT2D eigenvalue weighted by atomic mass is 35.5. The monoisotopic (exact) mass is 446 g/mol. The van der Waals surface area contributed by atoms with Crippen molar-refractivity contribution in [1.82, 2.24) is 20.6 Å². The number of aryl methyl sites for hydroxylation is 2. The summed E-state index contributed by atoms with van der Waals surface area (Å²) in [6.07, 6.45) is 8.78. The smallest absolute Gasteiger partial charge is 0.259 e. The molecule has 2 aromatic heterocycles. The van der Waals surface area contributed by atoms with Crippen molar-refractivity contribution >= 4 is 46.4 Å². The number of rotatable bonds is 4. The van der Waals surface area contributed by atoms with Gasteiger partial charge in [-0.2, -0.15) is 0 Å². The lowest BCUT2D eigenvalue weighted by Gasteiger charge is -2.43. The number of fused-ring (bicyclic) bond motifs is 1. The molecule has 1 spiro atoms. The van der Waals surface area contributed by atoms with E-state index in [9.17, 15) is 4.79 Å². The lowest BCUT2D eigenvalue weighted by atomic mass is 9.67. The molecule has 28 heavy (non-hydrogen) atoms. The Hall–Kier alpha value is -0.660. The zero-order valence-corrected chi connectivity index (χ0v) is 19.2. The van der Waals surface area contributed by atoms with Crippen molar-refractivity contribution in [2.24, 2.45) is 5.41 Å². The van der Waals surface area contributed by atoms with E-state index in [1.807, 2.05) is 6.92 Å². The minimum Gasteiger partial charge on any atom is -0.317 e. The van der Waals surface area contributed by atoms with E-state index < -0.39 is 0 Å². The maximum absolute atomic E-state index is 12.4. The molecular formula is C20H32Cl2N4OS. The van der Waals surface area contributed by atoms with Gasteiger partial charge in [0.05, 0.1) is 5.39 Å². The summed E-state index contributed by atoms with van der Waals surface area (Å²) in [5, 5.41) is 7.96. The van der Waals surface area contributed by atoms with Crippen molar-refractivity contribution in [2.45, 2.75) is 64.8 Å². The van der Waals surface area contributed by atoms with Crippen molar-refractivity contribution in [3.8, 4) is 0 Å². The van der Waals surface area contributed by atoms with Gasteiger partial charge in [0, 0.05) is 23.9 Å². The molecule has 5 nitrogen and oxygen atoms in total. The first kappa shape index (κ1) is 23.6. The zero-order valence-electron chi connectivity index (χ0n) is 16.7. The lowest BCUT2D eigenvalue weighted by Crippen LogP contribution is -2.43.